The third-order valence-electron chi connectivity index (χ3n) is 24.4. The number of ether oxygens (including phenoxy) is 5. The lowest BCUT2D eigenvalue weighted by molar-refractivity contribution is -0.164. The van der Waals surface area contributed by atoms with E-state index in [1.165, 1.54) is 133 Å². The van der Waals surface area contributed by atoms with Gasteiger partial charge in [-0.3, -0.25) is 47.9 Å². The number of carbonyl (C=O) groups excluding carboxylic acids is 10. The van der Waals surface area contributed by atoms with Crippen LogP contribution in [0.15, 0.2) is 91.0 Å². The molecule has 0 heterocycles. The largest absolute Gasteiger partial charge is 0.490 e. The van der Waals surface area contributed by atoms with Gasteiger partial charge in [-0.1, -0.05) is 282 Å². The molecule has 0 amide bonds. The zero-order valence-electron chi connectivity index (χ0n) is 93.2. The molecular formula is C120H183F5O15. The highest BCUT2D eigenvalue weighted by Gasteiger charge is 2.39. The third kappa shape index (κ3) is 48.8. The van der Waals surface area contributed by atoms with Gasteiger partial charge < -0.3 is 23.7 Å². The minimum absolute atomic E-state index is 0.0311. The Morgan fingerprint density at radius 3 is 0.671 bits per heavy atom. The van der Waals surface area contributed by atoms with Gasteiger partial charge in [-0.05, 0) is 222 Å². The molecule has 140 heavy (non-hydrogen) atoms. The van der Waals surface area contributed by atoms with Gasteiger partial charge in [0, 0.05) is 107 Å². The van der Waals surface area contributed by atoms with Crippen molar-refractivity contribution < 1.29 is 93.6 Å². The van der Waals surface area contributed by atoms with E-state index in [4.69, 9.17) is 23.7 Å². The van der Waals surface area contributed by atoms with Crippen LogP contribution < -0.4 is 14.2 Å². The Kier molecular flexibility index (Phi) is 51.2. The molecule has 0 N–H and O–H groups in total. The minimum Gasteiger partial charge on any atom is -0.490 e. The number of aryl methyl sites for hydroxylation is 2. The molecule has 788 valence electrons. The predicted molar refractivity (Wildman–Crippen MR) is 559 cm³/mol. The molecule has 11 rings (SSSR count). The van der Waals surface area contributed by atoms with E-state index in [9.17, 15) is 69.9 Å². The van der Waals surface area contributed by atoms with Crippen molar-refractivity contribution in [2.24, 2.45) is 89.7 Å². The van der Waals surface area contributed by atoms with Gasteiger partial charge in [-0.15, -0.1) is 0 Å². The van der Waals surface area contributed by atoms with E-state index in [-0.39, 0.29) is 97.6 Å². The standard InChI is InChI=1S/C18H25FO2.C15H19FO2.C14H19FO3.2C12H15FO.2C11H20O.C10H18O.C9H18O2.C8H14O/c1-18(2,3)17(20)14-9-10-16(15(19)11-14)21-12-13-7-5-4-6-8-13;1-15(2,3)14(17)11-6-7-13(12(16)8-11)18-9-10-4-5-10;1-14(2,3)13(16)10-5-6-12(11(15)9-10)18-8-7-17-4;2*1-8-5-6-9(7-10(8)13)11(14)12(2,3)4;2*1-11(2,3)10(12)9-7-5-4-6-8-9;1-10(2,3)9(11)8-6-4-5-7-8;1-8(2,3)7(10)11-9(4,5)6;1-8(2,3)7(9)6-4-5-6/h9-11,13H,4-8,12H2,1-3H3;6-8,10H,4-5,9H2,1-3H3;5-6,9H,7-8H2,1-4H3;2*5-7H,1-4H3;2*9H,4-8H2,1-3H3;8H,4-7H2,1-3H3;1-6H3;6H,4-5H2,1-3H3. The van der Waals surface area contributed by atoms with Crippen molar-refractivity contribution in [3.8, 4) is 17.2 Å². The van der Waals surface area contributed by atoms with Gasteiger partial charge in [0.15, 0.2) is 63.6 Å². The number of hydrogen-bond donors (Lipinski definition) is 0. The second kappa shape index (κ2) is 56.2. The van der Waals surface area contributed by atoms with Gasteiger partial charge in [0.25, 0.3) is 0 Å². The molecule has 0 aliphatic heterocycles. The Bertz CT molecular complexity index is 4650. The Labute approximate surface area is 842 Å². The van der Waals surface area contributed by atoms with Crippen LogP contribution in [0.1, 0.15) is 439 Å². The van der Waals surface area contributed by atoms with Crippen LogP contribution in [-0.4, -0.2) is 97.2 Å². The molecule has 6 fully saturated rings. The van der Waals surface area contributed by atoms with E-state index < -0.39 is 49.9 Å². The molecule has 15 nitrogen and oxygen atoms in total. The van der Waals surface area contributed by atoms with Crippen LogP contribution >= 0.6 is 0 Å². The first-order chi connectivity index (χ1) is 63.9. The number of Topliss-reactive ketones (excluding diaryl/α,β-unsaturated/α-hetero) is 9. The van der Waals surface area contributed by atoms with Crippen LogP contribution in [0.25, 0.3) is 0 Å². The maximum Gasteiger partial charge on any atom is 0.311 e. The molecular weight excluding hydrogens is 1780 g/mol. The summed E-state index contributed by atoms with van der Waals surface area (Å²) in [5.41, 5.74) is -0.471. The minimum atomic E-state index is -0.527. The van der Waals surface area contributed by atoms with E-state index in [2.05, 4.69) is 0 Å². The molecule has 0 saturated heterocycles. The SMILES string of the molecule is CC(C)(C)C(=O)C1CC1.CC(C)(C)C(=O)C1CCCC1.CC(C)(C)C(=O)C1CCCCC1.CC(C)(C)C(=O)C1CCCCC1.CC(C)(C)C(=O)c1ccc(OCC2CC2)c(F)c1.CC(C)(C)C(=O)c1ccc(OCC2CCCCC2)c(F)c1.CC(C)(C)OC(=O)C(C)(C)C.COCCOc1ccc(C(=O)C(C)(C)C)cc1F.Cc1ccc(C(=O)C(C)(C)C)cc1F.Cc1ccc(C(=O)C(C)(C)C)cc1F. The summed E-state index contributed by atoms with van der Waals surface area (Å²) in [5, 5.41) is 0. The highest BCUT2D eigenvalue weighted by molar-refractivity contribution is 6.02. The number of methoxy groups -OCH3 is 1. The number of rotatable bonds is 19. The summed E-state index contributed by atoms with van der Waals surface area (Å²) in [6, 6.07) is 22.5. The van der Waals surface area contributed by atoms with Crippen LogP contribution in [0.5, 0.6) is 17.2 Å². The predicted octanol–water partition coefficient (Wildman–Crippen LogP) is 32.2. The van der Waals surface area contributed by atoms with E-state index in [1.54, 1.807) is 96.3 Å². The second-order valence-corrected chi connectivity index (χ2v) is 50.3. The van der Waals surface area contributed by atoms with E-state index in [0.29, 0.717) is 117 Å². The monoisotopic (exact) mass is 1960 g/mol. The lowest BCUT2D eigenvalue weighted by Crippen LogP contribution is -2.31. The van der Waals surface area contributed by atoms with Crippen LogP contribution in [0, 0.1) is 133 Å². The second-order valence-electron chi connectivity index (χ2n) is 50.3. The Morgan fingerprint density at radius 2 is 0.479 bits per heavy atom. The van der Waals surface area contributed by atoms with Crippen molar-refractivity contribution in [1.82, 2.24) is 0 Å². The lowest BCUT2D eigenvalue weighted by atomic mass is 9.76. The van der Waals surface area contributed by atoms with E-state index in [0.717, 1.165) is 51.4 Å². The van der Waals surface area contributed by atoms with Crippen LogP contribution in [0.3, 0.4) is 0 Å². The van der Waals surface area contributed by atoms with Gasteiger partial charge in [-0.25, -0.2) is 22.0 Å². The van der Waals surface area contributed by atoms with Crippen molar-refractivity contribution in [2.45, 2.75) is 396 Å². The molecule has 0 unspecified atom stereocenters. The molecule has 5 aromatic carbocycles. The summed E-state index contributed by atoms with van der Waals surface area (Å²) >= 11 is 0. The zero-order valence-corrected chi connectivity index (χ0v) is 93.2. The number of ketones is 9. The summed E-state index contributed by atoms with van der Waals surface area (Å²) in [4.78, 5) is 117. The molecule has 0 atom stereocenters. The number of carbonyl (C=O) groups is 10. The third-order valence-corrected chi connectivity index (χ3v) is 24.4. The molecule has 0 bridgehead atoms. The molecule has 5 aromatic rings. The van der Waals surface area contributed by atoms with Crippen molar-refractivity contribution in [3.05, 3.63) is 159 Å². The van der Waals surface area contributed by atoms with E-state index >= 15 is 0 Å². The van der Waals surface area contributed by atoms with Crippen molar-refractivity contribution in [2.75, 3.05) is 33.5 Å². The first-order valence-corrected chi connectivity index (χ1v) is 51.4. The first kappa shape index (κ1) is 128. The van der Waals surface area contributed by atoms with E-state index in [1.807, 2.05) is 208 Å². The topological polar surface area (TPSA) is 217 Å². The Balaban J connectivity index is 0.000000531. The van der Waals surface area contributed by atoms with Gasteiger partial charge in [0.1, 0.15) is 47.0 Å². The maximum absolute atomic E-state index is 14.1. The highest BCUT2D eigenvalue weighted by atomic mass is 19.1. The maximum atomic E-state index is 14.1. The fourth-order valence-corrected chi connectivity index (χ4v) is 15.3. The van der Waals surface area contributed by atoms with Crippen molar-refractivity contribution in [3.63, 3.8) is 0 Å². The highest BCUT2D eigenvalue weighted by Crippen LogP contribution is 2.40. The van der Waals surface area contributed by atoms with Crippen LogP contribution in [0.4, 0.5) is 22.0 Å². The first-order valence-electron chi connectivity index (χ1n) is 51.4. The molecule has 0 aromatic heterocycles. The van der Waals surface area contributed by atoms with Crippen molar-refractivity contribution in [1.29, 1.82) is 0 Å². The Morgan fingerprint density at radius 1 is 0.257 bits per heavy atom. The van der Waals surface area contributed by atoms with Crippen LogP contribution in [0.2, 0.25) is 0 Å². The fourth-order valence-electron chi connectivity index (χ4n) is 15.3. The molecule has 20 heteroatoms. The fraction of sp³-hybridized carbons (Fsp3) is 0.667. The van der Waals surface area contributed by atoms with Crippen LogP contribution in [-0.2, 0) is 33.4 Å². The molecule has 0 radical (unpaired) electrons. The number of benzene rings is 5. The summed E-state index contributed by atoms with van der Waals surface area (Å²) < 4.78 is 94.1. The summed E-state index contributed by atoms with van der Waals surface area (Å²) in [5.74, 6) is 2.69. The summed E-state index contributed by atoms with van der Waals surface area (Å²) in [6.07, 6.45) is 27.7. The number of halogens is 5. The Hall–Kier alpha value is -8.39. The molecule has 6 aliphatic carbocycles. The van der Waals surface area contributed by atoms with Gasteiger partial charge >= 0.3 is 5.97 Å². The van der Waals surface area contributed by atoms with Gasteiger partial charge in [0.2, 0.25) is 0 Å². The molecule has 6 saturated carbocycles. The zero-order chi connectivity index (χ0) is 108. The smallest absolute Gasteiger partial charge is 0.311 e. The van der Waals surface area contributed by atoms with Crippen molar-refractivity contribution >= 4 is 58.0 Å². The number of esters is 1. The average Bonchev–Trinajstić information content (AvgIpc) is 1.55. The summed E-state index contributed by atoms with van der Waals surface area (Å²) in [6.45, 7) is 67.9. The quantitative estimate of drug-likeness (QED) is 0.0325. The molecule has 0 spiro atoms. The normalized spacial score (nSPS) is 15.8. The summed E-state index contributed by atoms with van der Waals surface area (Å²) in [7, 11) is 1.55. The van der Waals surface area contributed by atoms with Gasteiger partial charge in [-0.2, -0.15) is 0 Å². The molecule has 6 aliphatic rings. The van der Waals surface area contributed by atoms with Gasteiger partial charge in [0.05, 0.1) is 25.2 Å². The average molecular weight is 1960 g/mol. The number of hydrogen-bond acceptors (Lipinski definition) is 15. The lowest BCUT2D eigenvalue weighted by Gasteiger charge is -2.27.